The second kappa shape index (κ2) is 5.29. The molecule has 2 nitrogen and oxygen atoms in total. The Labute approximate surface area is 124 Å². The zero-order valence-corrected chi connectivity index (χ0v) is 12.5. The van der Waals surface area contributed by atoms with Gasteiger partial charge in [0.05, 0.1) is 16.9 Å². The number of hydrogen-bond donors (Lipinski definition) is 0. The first-order valence-electron chi connectivity index (χ1n) is 6.86. The van der Waals surface area contributed by atoms with Gasteiger partial charge in [0.15, 0.2) is 0 Å². The smallest absolute Gasteiger partial charge is 0.129 e. The highest BCUT2D eigenvalue weighted by molar-refractivity contribution is 6.17. The maximum Gasteiger partial charge on any atom is 0.129 e. The summed E-state index contributed by atoms with van der Waals surface area (Å²) >= 11 is 6.08. The lowest BCUT2D eigenvalue weighted by Crippen LogP contribution is -1.99. The highest BCUT2D eigenvalue weighted by atomic mass is 35.5. The molecule has 3 heteroatoms. The number of benzene rings is 2. The van der Waals surface area contributed by atoms with Crippen molar-refractivity contribution in [2.24, 2.45) is 0 Å². The summed E-state index contributed by atoms with van der Waals surface area (Å²) in [5.41, 5.74) is 5.78. The molecule has 0 aliphatic rings. The van der Waals surface area contributed by atoms with Gasteiger partial charge in [-0.2, -0.15) is 0 Å². The van der Waals surface area contributed by atoms with Crippen LogP contribution >= 0.6 is 11.6 Å². The van der Waals surface area contributed by atoms with Gasteiger partial charge in [0.2, 0.25) is 0 Å². The van der Waals surface area contributed by atoms with E-state index in [2.05, 4.69) is 65.9 Å². The van der Waals surface area contributed by atoms with Crippen molar-refractivity contribution in [3.63, 3.8) is 0 Å². The van der Waals surface area contributed by atoms with Gasteiger partial charge in [-0.15, -0.1) is 11.6 Å². The summed E-state index contributed by atoms with van der Waals surface area (Å²) in [5, 5.41) is 0. The lowest BCUT2D eigenvalue weighted by atomic mass is 10.1. The molecule has 0 unspecified atom stereocenters. The maximum atomic E-state index is 6.08. The molecule has 0 saturated carbocycles. The predicted octanol–water partition coefficient (Wildman–Crippen LogP) is 4.64. The van der Waals surface area contributed by atoms with Crippen LogP contribution in [0.1, 0.15) is 23.9 Å². The molecule has 0 amide bonds. The Bertz CT molecular complexity index is 742. The van der Waals surface area contributed by atoms with Crippen LogP contribution in [0.15, 0.2) is 42.5 Å². The number of nitrogens with zero attached hydrogens (tertiary/aromatic N) is 2. The van der Waals surface area contributed by atoms with Gasteiger partial charge in [-0.1, -0.05) is 31.2 Å². The first kappa shape index (κ1) is 13.2. The van der Waals surface area contributed by atoms with Crippen molar-refractivity contribution in [1.82, 2.24) is 9.55 Å². The van der Waals surface area contributed by atoms with Crippen LogP contribution in [-0.2, 0) is 12.3 Å². The molecule has 0 N–H and O–H groups in total. The van der Waals surface area contributed by atoms with E-state index in [-0.39, 0.29) is 0 Å². The molecule has 0 aliphatic carbocycles. The summed E-state index contributed by atoms with van der Waals surface area (Å²) in [6.45, 7) is 4.24. The molecule has 0 fully saturated rings. The minimum absolute atomic E-state index is 0.406. The van der Waals surface area contributed by atoms with Crippen LogP contribution in [0.5, 0.6) is 0 Å². The second-order valence-electron chi connectivity index (χ2n) is 4.96. The number of aryl methyl sites for hydroxylation is 2. The molecule has 0 atom stereocenters. The Kier molecular flexibility index (Phi) is 3.49. The van der Waals surface area contributed by atoms with Gasteiger partial charge in [-0.3, -0.25) is 4.57 Å². The zero-order chi connectivity index (χ0) is 14.1. The van der Waals surface area contributed by atoms with Crippen molar-refractivity contribution in [3.8, 4) is 5.69 Å². The molecule has 1 heterocycles. The van der Waals surface area contributed by atoms with Crippen molar-refractivity contribution < 1.29 is 0 Å². The molecule has 0 radical (unpaired) electrons. The van der Waals surface area contributed by atoms with Crippen molar-refractivity contribution in [2.75, 3.05) is 0 Å². The van der Waals surface area contributed by atoms with Crippen molar-refractivity contribution in [1.29, 1.82) is 0 Å². The van der Waals surface area contributed by atoms with Crippen molar-refractivity contribution in [3.05, 3.63) is 59.4 Å². The van der Waals surface area contributed by atoms with Crippen LogP contribution in [0.2, 0.25) is 0 Å². The molecule has 102 valence electrons. The van der Waals surface area contributed by atoms with E-state index in [0.717, 1.165) is 29.0 Å². The van der Waals surface area contributed by atoms with Gasteiger partial charge in [0.25, 0.3) is 0 Å². The van der Waals surface area contributed by atoms with Gasteiger partial charge >= 0.3 is 0 Å². The normalized spacial score (nSPS) is 11.2. The average Bonchev–Trinajstić information content (AvgIpc) is 2.87. The summed E-state index contributed by atoms with van der Waals surface area (Å²) in [7, 11) is 0. The fraction of sp³-hybridized carbons (Fsp3) is 0.235. The molecule has 0 bridgehead atoms. The highest BCUT2D eigenvalue weighted by Crippen LogP contribution is 2.25. The summed E-state index contributed by atoms with van der Waals surface area (Å²) < 4.78 is 2.15. The van der Waals surface area contributed by atoms with Gasteiger partial charge in [0.1, 0.15) is 5.82 Å². The lowest BCUT2D eigenvalue weighted by molar-refractivity contribution is 0.979. The van der Waals surface area contributed by atoms with Crippen LogP contribution in [0.3, 0.4) is 0 Å². The molecular formula is C17H17ClN2. The number of fused-ring (bicyclic) bond motifs is 1. The van der Waals surface area contributed by atoms with Gasteiger partial charge in [-0.05, 0) is 42.7 Å². The van der Waals surface area contributed by atoms with Gasteiger partial charge in [0, 0.05) is 5.69 Å². The lowest BCUT2D eigenvalue weighted by Gasteiger charge is -2.08. The van der Waals surface area contributed by atoms with E-state index in [9.17, 15) is 0 Å². The maximum absolute atomic E-state index is 6.08. The van der Waals surface area contributed by atoms with Gasteiger partial charge < -0.3 is 0 Å². The first-order valence-corrected chi connectivity index (χ1v) is 7.40. The van der Waals surface area contributed by atoms with E-state index in [4.69, 9.17) is 11.6 Å². The second-order valence-corrected chi connectivity index (χ2v) is 5.23. The Balaban J connectivity index is 2.25. The number of para-hydroxylation sites is 1. The van der Waals surface area contributed by atoms with Crippen LogP contribution < -0.4 is 0 Å². The standard InChI is InChI=1S/C17H17ClN2/c1-3-13-7-9-14(10-8-13)20-15-6-4-5-12(2)17(15)19-16(20)11-18/h4-10H,3,11H2,1-2H3. The third-order valence-corrected chi connectivity index (χ3v) is 3.92. The van der Waals surface area contributed by atoms with E-state index in [0.29, 0.717) is 5.88 Å². The number of imidazole rings is 1. The van der Waals surface area contributed by atoms with E-state index >= 15 is 0 Å². The third kappa shape index (κ3) is 2.10. The first-order chi connectivity index (χ1) is 9.74. The van der Waals surface area contributed by atoms with Crippen molar-refractivity contribution in [2.45, 2.75) is 26.1 Å². The van der Waals surface area contributed by atoms with Crippen LogP contribution in [-0.4, -0.2) is 9.55 Å². The summed E-state index contributed by atoms with van der Waals surface area (Å²) in [6, 6.07) is 14.8. The number of halogens is 1. The molecule has 3 aromatic rings. The molecule has 0 spiro atoms. The van der Waals surface area contributed by atoms with Crippen molar-refractivity contribution >= 4 is 22.6 Å². The molecule has 3 rings (SSSR count). The minimum atomic E-state index is 0.406. The number of aromatic nitrogens is 2. The average molecular weight is 285 g/mol. The Hall–Kier alpha value is -1.80. The Morgan fingerprint density at radius 3 is 2.50 bits per heavy atom. The van der Waals surface area contributed by atoms with Crippen LogP contribution in [0.4, 0.5) is 0 Å². The number of rotatable bonds is 3. The third-order valence-electron chi connectivity index (χ3n) is 3.68. The number of alkyl halides is 1. The largest absolute Gasteiger partial charge is 0.295 e. The van der Waals surface area contributed by atoms with E-state index < -0.39 is 0 Å². The quantitative estimate of drug-likeness (QED) is 0.641. The van der Waals surface area contributed by atoms with E-state index in [1.807, 2.05) is 0 Å². The SMILES string of the molecule is CCc1ccc(-n2c(CCl)nc3c(C)cccc32)cc1. The summed E-state index contributed by atoms with van der Waals surface area (Å²) in [5.74, 6) is 1.30. The molecule has 20 heavy (non-hydrogen) atoms. The minimum Gasteiger partial charge on any atom is -0.295 e. The molecule has 0 aliphatic heterocycles. The zero-order valence-electron chi connectivity index (χ0n) is 11.7. The predicted molar refractivity (Wildman–Crippen MR) is 84.7 cm³/mol. The summed E-state index contributed by atoms with van der Waals surface area (Å²) in [6.07, 6.45) is 1.05. The van der Waals surface area contributed by atoms with E-state index in [1.165, 1.54) is 11.1 Å². The highest BCUT2D eigenvalue weighted by Gasteiger charge is 2.12. The monoisotopic (exact) mass is 284 g/mol. The molecule has 1 aromatic heterocycles. The number of hydrogen-bond acceptors (Lipinski definition) is 1. The Morgan fingerprint density at radius 1 is 1.10 bits per heavy atom. The van der Waals surface area contributed by atoms with Gasteiger partial charge in [-0.25, -0.2) is 4.98 Å². The molecule has 0 saturated heterocycles. The van der Waals surface area contributed by atoms with Crippen LogP contribution in [0.25, 0.3) is 16.7 Å². The van der Waals surface area contributed by atoms with Crippen LogP contribution in [0, 0.1) is 6.92 Å². The summed E-state index contributed by atoms with van der Waals surface area (Å²) in [4.78, 5) is 4.68. The molecule has 2 aromatic carbocycles. The fourth-order valence-electron chi connectivity index (χ4n) is 2.55. The van der Waals surface area contributed by atoms with E-state index in [1.54, 1.807) is 0 Å². The molecular weight excluding hydrogens is 268 g/mol. The fourth-order valence-corrected chi connectivity index (χ4v) is 2.73. The Morgan fingerprint density at radius 2 is 1.85 bits per heavy atom. The topological polar surface area (TPSA) is 17.8 Å².